The third-order valence-electron chi connectivity index (χ3n) is 6.05. The first-order valence-electron chi connectivity index (χ1n) is 12.0. The number of pyridine rings is 1. The summed E-state index contributed by atoms with van der Waals surface area (Å²) in [5.74, 6) is 2.03. The summed E-state index contributed by atoms with van der Waals surface area (Å²) in [6.07, 6.45) is 0. The molecule has 0 fully saturated rings. The Balaban J connectivity index is 0.00000294. The molecule has 6 heteroatoms. The molecule has 0 aliphatic carbocycles. The molecule has 0 spiro atoms. The van der Waals surface area contributed by atoms with Crippen molar-refractivity contribution >= 4 is 68.9 Å². The molecule has 6 rings (SSSR count). The van der Waals surface area contributed by atoms with Gasteiger partial charge in [0.25, 0.3) is 0 Å². The zero-order valence-corrected chi connectivity index (χ0v) is 19.9. The van der Waals surface area contributed by atoms with Crippen LogP contribution in [-0.4, -0.2) is 93.9 Å². The fraction of sp³-hybridized carbons (Fsp3) is 0. The van der Waals surface area contributed by atoms with Gasteiger partial charge in [0.1, 0.15) is 5.75 Å². The van der Waals surface area contributed by atoms with Gasteiger partial charge in [0.2, 0.25) is 0 Å². The van der Waals surface area contributed by atoms with Crippen LogP contribution in [0.15, 0.2) is 127 Å². The molecular weight excluding hydrogens is 589 g/mol. The second-order valence-electron chi connectivity index (χ2n) is 8.54. The number of aromatic nitrogens is 4. The van der Waals surface area contributed by atoms with Crippen molar-refractivity contribution in [3.63, 3.8) is 0 Å². The van der Waals surface area contributed by atoms with Crippen LogP contribution in [0.4, 0.5) is 0 Å². The number of aromatic hydroxyl groups is 1. The zero-order valence-electron chi connectivity index (χ0n) is 19.9. The molecule has 38 heavy (non-hydrogen) atoms. The number of benzene rings is 4. The molecule has 0 saturated carbocycles. The van der Waals surface area contributed by atoms with Crippen LogP contribution in [0.25, 0.3) is 56.7 Å². The minimum atomic E-state index is 0. The molecule has 2 aromatic heterocycles. The van der Waals surface area contributed by atoms with Gasteiger partial charge >= 0.3 is 68.9 Å². The molecule has 1 N–H and O–H groups in total. The van der Waals surface area contributed by atoms with Crippen molar-refractivity contribution < 1.29 is 5.11 Å². The standard InChI is InChI=1S/C32H22N4O.Cs.H/c37-29-20-8-7-17-26(29)28-19-10-18-27(33-28)24-15-9-16-25(21-24)32-35-30(22-11-3-1-4-12-22)34-31(36-32)23-13-5-2-6-14-23;;/h1-21,37H;;. The van der Waals surface area contributed by atoms with Gasteiger partial charge in [-0.2, -0.15) is 0 Å². The van der Waals surface area contributed by atoms with Gasteiger partial charge in [-0.15, -0.1) is 0 Å². The van der Waals surface area contributed by atoms with E-state index in [1.54, 1.807) is 12.1 Å². The molecular formula is C32H23CsN4O. The number of rotatable bonds is 5. The monoisotopic (exact) mass is 612 g/mol. The second kappa shape index (κ2) is 12.2. The number of nitrogens with zero attached hydrogens (tertiary/aromatic N) is 4. The quantitative estimate of drug-likeness (QED) is 0.236. The van der Waals surface area contributed by atoms with Gasteiger partial charge in [-0.25, -0.2) is 19.9 Å². The summed E-state index contributed by atoms with van der Waals surface area (Å²) in [6.45, 7) is 0. The molecule has 0 saturated heterocycles. The van der Waals surface area contributed by atoms with E-state index in [4.69, 9.17) is 19.9 Å². The molecule has 5 nitrogen and oxygen atoms in total. The Kier molecular flexibility index (Phi) is 8.49. The molecule has 0 atom stereocenters. The van der Waals surface area contributed by atoms with E-state index in [0.29, 0.717) is 28.7 Å². The zero-order chi connectivity index (χ0) is 25.0. The molecule has 0 radical (unpaired) electrons. The summed E-state index contributed by atoms with van der Waals surface area (Å²) in [5, 5.41) is 10.3. The molecule has 0 bridgehead atoms. The SMILES string of the molecule is Oc1ccccc1-c1cccc(-c2cccc(-c3nc(-c4ccccc4)nc(-c4ccccc4)n3)c2)n1.[CsH]. The van der Waals surface area contributed by atoms with E-state index in [0.717, 1.165) is 27.9 Å². The van der Waals surface area contributed by atoms with Gasteiger partial charge in [0.15, 0.2) is 17.5 Å². The normalized spacial score (nSPS) is 10.5. The summed E-state index contributed by atoms with van der Waals surface area (Å²) < 4.78 is 0. The Morgan fingerprint density at radius 2 is 0.868 bits per heavy atom. The number of para-hydroxylation sites is 1. The summed E-state index contributed by atoms with van der Waals surface area (Å²) in [4.78, 5) is 19.3. The van der Waals surface area contributed by atoms with Crippen LogP contribution in [0, 0.1) is 0 Å². The van der Waals surface area contributed by atoms with E-state index < -0.39 is 0 Å². The Hall–Kier alpha value is -3.11. The van der Waals surface area contributed by atoms with Crippen molar-refractivity contribution in [3.05, 3.63) is 127 Å². The van der Waals surface area contributed by atoms with E-state index in [-0.39, 0.29) is 74.6 Å². The van der Waals surface area contributed by atoms with Crippen LogP contribution >= 0.6 is 0 Å². The first-order valence-corrected chi connectivity index (χ1v) is 12.0. The van der Waals surface area contributed by atoms with Crippen LogP contribution in [0.1, 0.15) is 0 Å². The average Bonchev–Trinajstić information content (AvgIpc) is 2.98. The Labute approximate surface area is 280 Å². The van der Waals surface area contributed by atoms with E-state index in [2.05, 4.69) is 0 Å². The third-order valence-corrected chi connectivity index (χ3v) is 6.05. The van der Waals surface area contributed by atoms with Gasteiger partial charge in [0.05, 0.1) is 11.4 Å². The fourth-order valence-corrected chi connectivity index (χ4v) is 4.19. The van der Waals surface area contributed by atoms with Gasteiger partial charge < -0.3 is 5.11 Å². The Morgan fingerprint density at radius 3 is 1.50 bits per heavy atom. The van der Waals surface area contributed by atoms with Gasteiger partial charge in [0, 0.05) is 27.8 Å². The summed E-state index contributed by atoms with van der Waals surface area (Å²) in [5.41, 5.74) is 5.84. The Bertz CT molecular complexity index is 1630. The van der Waals surface area contributed by atoms with Crippen LogP contribution in [0.5, 0.6) is 5.75 Å². The summed E-state index contributed by atoms with van der Waals surface area (Å²) >= 11 is 0. The molecule has 6 aromatic rings. The van der Waals surface area contributed by atoms with E-state index in [1.165, 1.54) is 0 Å². The molecule has 0 unspecified atom stereocenters. The number of hydrogen-bond acceptors (Lipinski definition) is 5. The average molecular weight is 612 g/mol. The van der Waals surface area contributed by atoms with Crippen LogP contribution in [0.3, 0.4) is 0 Å². The first kappa shape index (κ1) is 26.5. The number of phenolic OH excluding ortho intramolecular Hbond substituents is 1. The minimum absolute atomic E-state index is 0. The van der Waals surface area contributed by atoms with Crippen molar-refractivity contribution in [2.75, 3.05) is 0 Å². The van der Waals surface area contributed by atoms with Crippen LogP contribution in [-0.2, 0) is 0 Å². The topological polar surface area (TPSA) is 71.8 Å². The fourth-order valence-electron chi connectivity index (χ4n) is 4.19. The maximum atomic E-state index is 10.3. The molecule has 2 heterocycles. The van der Waals surface area contributed by atoms with E-state index in [9.17, 15) is 5.11 Å². The summed E-state index contributed by atoms with van der Waals surface area (Å²) in [6, 6.07) is 40.9. The molecule has 178 valence electrons. The molecule has 0 aliphatic heterocycles. The van der Waals surface area contributed by atoms with Crippen LogP contribution in [0.2, 0.25) is 0 Å². The third kappa shape index (κ3) is 5.81. The predicted octanol–water partition coefficient (Wildman–Crippen LogP) is 6.66. The second-order valence-corrected chi connectivity index (χ2v) is 8.54. The van der Waals surface area contributed by atoms with Gasteiger partial charge in [-0.1, -0.05) is 97.1 Å². The van der Waals surface area contributed by atoms with Crippen molar-refractivity contribution in [1.29, 1.82) is 0 Å². The Morgan fingerprint density at radius 1 is 0.395 bits per heavy atom. The number of phenols is 1. The molecule has 0 aliphatic rings. The van der Waals surface area contributed by atoms with Crippen molar-refractivity contribution in [2.24, 2.45) is 0 Å². The first-order chi connectivity index (χ1) is 18.2. The maximum absolute atomic E-state index is 10.3. The van der Waals surface area contributed by atoms with Gasteiger partial charge in [-0.3, -0.25) is 0 Å². The van der Waals surface area contributed by atoms with Crippen molar-refractivity contribution in [2.45, 2.75) is 0 Å². The molecule has 0 amide bonds. The van der Waals surface area contributed by atoms with Gasteiger partial charge in [-0.05, 0) is 30.3 Å². The van der Waals surface area contributed by atoms with E-state index >= 15 is 0 Å². The van der Waals surface area contributed by atoms with E-state index in [1.807, 2.05) is 115 Å². The van der Waals surface area contributed by atoms with Crippen LogP contribution < -0.4 is 0 Å². The van der Waals surface area contributed by atoms with Crippen molar-refractivity contribution in [3.8, 4) is 62.4 Å². The summed E-state index contributed by atoms with van der Waals surface area (Å²) in [7, 11) is 0. The predicted molar refractivity (Wildman–Crippen MR) is 154 cm³/mol. The molecule has 4 aromatic carbocycles. The van der Waals surface area contributed by atoms with Crippen molar-refractivity contribution in [1.82, 2.24) is 19.9 Å². The number of hydrogen-bond donors (Lipinski definition) is 1.